The summed E-state index contributed by atoms with van der Waals surface area (Å²) in [6, 6.07) is 7.50. The SMILES string of the molecule is CCOP(=O)(OCC)C(NC(=O)OCc1ccccc1)(C(F)(F)F)C(F)(F)F. The van der Waals surface area contributed by atoms with Crippen LogP contribution in [0.15, 0.2) is 30.3 Å². The van der Waals surface area contributed by atoms with Gasteiger partial charge in [-0.2, -0.15) is 26.3 Å². The van der Waals surface area contributed by atoms with E-state index in [4.69, 9.17) is 0 Å². The quantitative estimate of drug-likeness (QED) is 0.458. The zero-order valence-electron chi connectivity index (χ0n) is 14.8. The molecule has 0 radical (unpaired) electrons. The summed E-state index contributed by atoms with van der Waals surface area (Å²) in [4.78, 5) is 11.8. The van der Waals surface area contributed by atoms with Crippen LogP contribution in [-0.2, 0) is 25.0 Å². The molecule has 1 amide bonds. The van der Waals surface area contributed by atoms with Crippen molar-refractivity contribution >= 4 is 13.7 Å². The van der Waals surface area contributed by atoms with E-state index in [1.165, 1.54) is 24.3 Å². The maximum absolute atomic E-state index is 13.6. The van der Waals surface area contributed by atoms with Gasteiger partial charge in [0.2, 0.25) is 0 Å². The minimum atomic E-state index is -6.28. The van der Waals surface area contributed by atoms with Crippen molar-refractivity contribution in [2.24, 2.45) is 0 Å². The highest BCUT2D eigenvalue weighted by atomic mass is 31.2. The molecule has 0 spiro atoms. The molecule has 0 aliphatic heterocycles. The molecule has 6 nitrogen and oxygen atoms in total. The summed E-state index contributed by atoms with van der Waals surface area (Å²) in [5.74, 6) is 0. The van der Waals surface area contributed by atoms with Gasteiger partial charge in [0.25, 0.3) is 0 Å². The van der Waals surface area contributed by atoms with Crippen molar-refractivity contribution in [2.75, 3.05) is 13.2 Å². The van der Waals surface area contributed by atoms with Gasteiger partial charge >= 0.3 is 31.3 Å². The van der Waals surface area contributed by atoms with Gasteiger partial charge in [0, 0.05) is 0 Å². The lowest BCUT2D eigenvalue weighted by molar-refractivity contribution is -0.280. The molecule has 0 fully saturated rings. The number of rotatable bonds is 8. The number of carbonyl (C=O) groups is 1. The molecule has 0 saturated heterocycles. The Kier molecular flexibility index (Phi) is 7.92. The van der Waals surface area contributed by atoms with Crippen LogP contribution in [0.3, 0.4) is 0 Å². The van der Waals surface area contributed by atoms with E-state index < -0.39 is 51.1 Å². The van der Waals surface area contributed by atoms with Gasteiger partial charge in [-0.1, -0.05) is 30.3 Å². The van der Waals surface area contributed by atoms with Gasteiger partial charge in [-0.05, 0) is 19.4 Å². The number of amides is 1. The van der Waals surface area contributed by atoms with E-state index in [1.54, 1.807) is 6.07 Å². The highest BCUT2D eigenvalue weighted by molar-refractivity contribution is 7.55. The summed E-state index contributed by atoms with van der Waals surface area (Å²) >= 11 is 0. The van der Waals surface area contributed by atoms with Crippen LogP contribution in [0.25, 0.3) is 0 Å². The van der Waals surface area contributed by atoms with Gasteiger partial charge in [-0.25, -0.2) is 4.79 Å². The van der Waals surface area contributed by atoms with Crippen molar-refractivity contribution in [3.8, 4) is 0 Å². The summed E-state index contributed by atoms with van der Waals surface area (Å²) in [6.07, 6.45) is -14.7. The number of nitrogens with one attached hydrogen (secondary N) is 1. The number of benzene rings is 1. The molecule has 0 atom stereocenters. The van der Waals surface area contributed by atoms with Gasteiger partial charge in [-0.3, -0.25) is 9.88 Å². The molecule has 160 valence electrons. The molecule has 0 bridgehead atoms. The zero-order valence-corrected chi connectivity index (χ0v) is 15.7. The molecule has 1 aromatic rings. The topological polar surface area (TPSA) is 73.9 Å². The summed E-state index contributed by atoms with van der Waals surface area (Å²) in [5, 5.41) is -4.65. The fourth-order valence-electron chi connectivity index (χ4n) is 2.16. The average molecular weight is 437 g/mol. The van der Waals surface area contributed by atoms with E-state index in [-0.39, 0.29) is 0 Å². The van der Waals surface area contributed by atoms with E-state index in [0.29, 0.717) is 10.9 Å². The third-order valence-corrected chi connectivity index (χ3v) is 5.96. The Morgan fingerprint density at radius 3 is 1.82 bits per heavy atom. The molecule has 0 aliphatic carbocycles. The lowest BCUT2D eigenvalue weighted by Crippen LogP contribution is -2.67. The van der Waals surface area contributed by atoms with Gasteiger partial charge < -0.3 is 13.8 Å². The van der Waals surface area contributed by atoms with Crippen LogP contribution in [-0.4, -0.2) is 36.9 Å². The molecule has 0 aromatic heterocycles. The van der Waals surface area contributed by atoms with E-state index in [1.807, 2.05) is 0 Å². The Hall–Kier alpha value is -1.78. The first-order valence-corrected chi connectivity index (χ1v) is 9.40. The van der Waals surface area contributed by atoms with Crippen LogP contribution < -0.4 is 5.32 Å². The van der Waals surface area contributed by atoms with E-state index in [9.17, 15) is 35.7 Å². The Labute approximate surface area is 156 Å². The van der Waals surface area contributed by atoms with E-state index in [0.717, 1.165) is 13.8 Å². The average Bonchev–Trinajstić information content (AvgIpc) is 2.57. The predicted molar refractivity (Wildman–Crippen MR) is 85.5 cm³/mol. The summed E-state index contributed by atoms with van der Waals surface area (Å²) in [5.41, 5.74) is 0.306. The van der Waals surface area contributed by atoms with Crippen LogP contribution in [0.5, 0.6) is 0 Å². The summed E-state index contributed by atoms with van der Waals surface area (Å²) < 4.78 is 107. The number of carbonyl (C=O) groups excluding carboxylic acids is 1. The molecule has 1 rings (SSSR count). The fourth-order valence-corrected chi connectivity index (χ4v) is 4.15. The first-order valence-electron chi connectivity index (χ1n) is 7.86. The second kappa shape index (κ2) is 9.15. The molecule has 28 heavy (non-hydrogen) atoms. The van der Waals surface area contributed by atoms with Crippen LogP contribution in [0, 0.1) is 0 Å². The Bertz CT molecular complexity index is 670. The zero-order chi connectivity index (χ0) is 21.6. The number of hydrogen-bond donors (Lipinski definition) is 1. The maximum Gasteiger partial charge on any atom is 0.432 e. The van der Waals surface area contributed by atoms with Crippen LogP contribution >= 0.6 is 7.60 Å². The molecular weight excluding hydrogens is 419 g/mol. The number of hydrogen-bond acceptors (Lipinski definition) is 5. The largest absolute Gasteiger partial charge is 0.445 e. The number of halogens is 6. The van der Waals surface area contributed by atoms with Crippen LogP contribution in [0.2, 0.25) is 0 Å². The lowest BCUT2D eigenvalue weighted by Gasteiger charge is -2.40. The number of alkyl halides is 6. The molecule has 0 unspecified atom stereocenters. The normalized spacial score (nSPS) is 13.3. The monoisotopic (exact) mass is 437 g/mol. The van der Waals surface area contributed by atoms with Crippen molar-refractivity contribution in [3.05, 3.63) is 35.9 Å². The molecule has 1 aromatic carbocycles. The second-order valence-corrected chi connectivity index (χ2v) is 7.41. The third-order valence-electron chi connectivity index (χ3n) is 3.33. The fraction of sp³-hybridized carbons (Fsp3) is 0.533. The van der Waals surface area contributed by atoms with Gasteiger partial charge in [0.05, 0.1) is 13.2 Å². The molecule has 0 saturated carbocycles. The lowest BCUT2D eigenvalue weighted by atomic mass is 10.2. The van der Waals surface area contributed by atoms with Crippen molar-refractivity contribution in [2.45, 2.75) is 38.1 Å². The van der Waals surface area contributed by atoms with Crippen molar-refractivity contribution in [3.63, 3.8) is 0 Å². The van der Waals surface area contributed by atoms with Crippen LogP contribution in [0.1, 0.15) is 19.4 Å². The van der Waals surface area contributed by atoms with Gasteiger partial charge in [-0.15, -0.1) is 0 Å². The van der Waals surface area contributed by atoms with Gasteiger partial charge in [0.15, 0.2) is 0 Å². The van der Waals surface area contributed by atoms with Crippen molar-refractivity contribution < 1.29 is 49.5 Å². The van der Waals surface area contributed by atoms with Crippen molar-refractivity contribution in [1.29, 1.82) is 0 Å². The number of ether oxygens (including phenoxy) is 1. The standard InChI is InChI=1S/C15H18F6NO5P/c1-3-26-28(24,27-4-2)13(14(16,17)18,15(19,20)21)22-12(23)25-10-11-8-6-5-7-9-11/h5-9H,3-4,10H2,1-2H3,(H,22,23). The minimum Gasteiger partial charge on any atom is -0.445 e. The van der Waals surface area contributed by atoms with E-state index in [2.05, 4.69) is 13.8 Å². The second-order valence-electron chi connectivity index (χ2n) is 5.23. The van der Waals surface area contributed by atoms with Crippen molar-refractivity contribution in [1.82, 2.24) is 5.32 Å². The van der Waals surface area contributed by atoms with Gasteiger partial charge in [0.1, 0.15) is 6.61 Å². The number of alkyl carbamates (subject to hydrolysis) is 1. The maximum atomic E-state index is 13.6. The first-order chi connectivity index (χ1) is 12.8. The Balaban J connectivity index is 3.33. The predicted octanol–water partition coefficient (Wildman–Crippen LogP) is 5.00. The summed E-state index contributed by atoms with van der Waals surface area (Å²) in [6.45, 7) is -0.169. The minimum absolute atomic E-state index is 0.306. The van der Waals surface area contributed by atoms with E-state index >= 15 is 0 Å². The molecule has 0 heterocycles. The molecule has 1 N–H and O–H groups in total. The van der Waals surface area contributed by atoms with Crippen LogP contribution in [0.4, 0.5) is 31.1 Å². The highest BCUT2D eigenvalue weighted by Crippen LogP contribution is 2.69. The third kappa shape index (κ3) is 4.98. The smallest absolute Gasteiger partial charge is 0.432 e. The Morgan fingerprint density at radius 1 is 0.964 bits per heavy atom. The first kappa shape index (κ1) is 24.3. The molecule has 13 heteroatoms. The highest BCUT2D eigenvalue weighted by Gasteiger charge is 2.83. The molecular formula is C15H18F6NO5P. The summed E-state index contributed by atoms with van der Waals surface area (Å²) in [7, 11) is -6.01. The molecule has 0 aliphatic rings. The Morgan fingerprint density at radius 2 is 1.43 bits per heavy atom.